The van der Waals surface area contributed by atoms with Gasteiger partial charge in [0.05, 0.1) is 11.4 Å². The molecule has 0 saturated carbocycles. The van der Waals surface area contributed by atoms with Crippen LogP contribution in [0.2, 0.25) is 0 Å². The van der Waals surface area contributed by atoms with Gasteiger partial charge in [0.25, 0.3) is 0 Å². The second-order valence-electron chi connectivity index (χ2n) is 4.57. The van der Waals surface area contributed by atoms with Crippen LogP contribution in [0.1, 0.15) is 0 Å². The molecule has 0 spiro atoms. The van der Waals surface area contributed by atoms with Crippen LogP contribution in [0.4, 0.5) is 11.4 Å². The van der Waals surface area contributed by atoms with E-state index in [2.05, 4.69) is 40.9 Å². The van der Waals surface area contributed by atoms with Crippen molar-refractivity contribution in [3.63, 3.8) is 0 Å². The first-order chi connectivity index (χ1) is 9.84. The number of benzene rings is 2. The molecule has 0 unspecified atom stereocenters. The van der Waals surface area contributed by atoms with Gasteiger partial charge in [0.2, 0.25) is 0 Å². The maximum atomic E-state index is 3.93. The van der Waals surface area contributed by atoms with Crippen LogP contribution in [-0.4, -0.2) is 5.01 Å². The SMILES string of the molecule is C=C1C=CN(N(c2ccccc2)c2ccccc2)C=C1. The smallest absolute Gasteiger partial charge is 0.0636 e. The van der Waals surface area contributed by atoms with Crippen LogP contribution in [0.5, 0.6) is 0 Å². The summed E-state index contributed by atoms with van der Waals surface area (Å²) in [6, 6.07) is 20.6. The molecule has 0 amide bonds. The van der Waals surface area contributed by atoms with Crippen LogP contribution in [0.15, 0.2) is 97.4 Å². The van der Waals surface area contributed by atoms with Gasteiger partial charge in [-0.05, 0) is 42.0 Å². The minimum atomic E-state index is 1.00. The topological polar surface area (TPSA) is 6.48 Å². The van der Waals surface area contributed by atoms with Gasteiger partial charge in [-0.1, -0.05) is 43.0 Å². The third-order valence-corrected chi connectivity index (χ3v) is 3.12. The van der Waals surface area contributed by atoms with Gasteiger partial charge in [-0.15, -0.1) is 0 Å². The molecule has 2 heteroatoms. The van der Waals surface area contributed by atoms with Crippen LogP contribution in [0, 0.1) is 0 Å². The summed E-state index contributed by atoms with van der Waals surface area (Å²) in [7, 11) is 0. The molecule has 2 aromatic carbocycles. The average molecular weight is 260 g/mol. The molecule has 3 rings (SSSR count). The van der Waals surface area contributed by atoms with E-state index >= 15 is 0 Å². The first kappa shape index (κ1) is 12.3. The van der Waals surface area contributed by atoms with E-state index < -0.39 is 0 Å². The van der Waals surface area contributed by atoms with Gasteiger partial charge in [0, 0.05) is 12.4 Å². The van der Waals surface area contributed by atoms with Crippen LogP contribution < -0.4 is 5.01 Å². The predicted molar refractivity (Wildman–Crippen MR) is 84.3 cm³/mol. The molecule has 2 aromatic rings. The molecular weight excluding hydrogens is 244 g/mol. The largest absolute Gasteiger partial charge is 0.264 e. The molecule has 0 radical (unpaired) electrons. The van der Waals surface area contributed by atoms with Crippen molar-refractivity contribution < 1.29 is 0 Å². The van der Waals surface area contributed by atoms with E-state index in [1.807, 2.05) is 61.0 Å². The minimum Gasteiger partial charge on any atom is -0.264 e. The Bertz CT molecular complexity index is 586. The third-order valence-electron chi connectivity index (χ3n) is 3.12. The van der Waals surface area contributed by atoms with Crippen LogP contribution >= 0.6 is 0 Å². The van der Waals surface area contributed by atoms with Gasteiger partial charge in [-0.3, -0.25) is 10.0 Å². The molecule has 0 atom stereocenters. The highest BCUT2D eigenvalue weighted by atomic mass is 15.6. The van der Waals surface area contributed by atoms with E-state index in [-0.39, 0.29) is 0 Å². The van der Waals surface area contributed by atoms with E-state index in [0.717, 1.165) is 16.9 Å². The molecule has 1 aliphatic rings. The molecular formula is C18H16N2. The Labute approximate surface area is 119 Å². The van der Waals surface area contributed by atoms with E-state index in [4.69, 9.17) is 0 Å². The minimum absolute atomic E-state index is 1.00. The van der Waals surface area contributed by atoms with Gasteiger partial charge in [0.15, 0.2) is 0 Å². The van der Waals surface area contributed by atoms with Crippen molar-refractivity contribution in [2.24, 2.45) is 0 Å². The summed E-state index contributed by atoms with van der Waals surface area (Å²) in [6.07, 6.45) is 8.03. The van der Waals surface area contributed by atoms with Crippen LogP contribution in [0.3, 0.4) is 0 Å². The van der Waals surface area contributed by atoms with Crippen molar-refractivity contribution in [3.05, 3.63) is 97.4 Å². The third kappa shape index (κ3) is 2.50. The molecule has 0 bridgehead atoms. The van der Waals surface area contributed by atoms with Crippen LogP contribution in [-0.2, 0) is 0 Å². The number of rotatable bonds is 3. The zero-order valence-corrected chi connectivity index (χ0v) is 11.2. The molecule has 1 heterocycles. The zero-order chi connectivity index (χ0) is 13.8. The molecule has 2 nitrogen and oxygen atoms in total. The van der Waals surface area contributed by atoms with E-state index in [1.54, 1.807) is 0 Å². The summed E-state index contributed by atoms with van der Waals surface area (Å²) in [5.41, 5.74) is 3.23. The van der Waals surface area contributed by atoms with Gasteiger partial charge in [-0.2, -0.15) is 0 Å². The highest BCUT2D eigenvalue weighted by molar-refractivity contribution is 5.62. The summed E-state index contributed by atoms with van der Waals surface area (Å²) >= 11 is 0. The molecule has 1 aliphatic heterocycles. The van der Waals surface area contributed by atoms with E-state index in [0.29, 0.717) is 0 Å². The standard InChI is InChI=1S/C18H16N2/c1-16-12-14-19(15-13-16)20(17-8-4-2-5-9-17)18-10-6-3-7-11-18/h2-15H,1H2. The fraction of sp³-hybridized carbons (Fsp3) is 0. The summed E-state index contributed by atoms with van der Waals surface area (Å²) in [6.45, 7) is 3.93. The van der Waals surface area contributed by atoms with Crippen LogP contribution in [0.25, 0.3) is 0 Å². The Kier molecular flexibility index (Phi) is 3.38. The molecule has 98 valence electrons. The van der Waals surface area contributed by atoms with Crippen molar-refractivity contribution in [2.75, 3.05) is 5.01 Å². The van der Waals surface area contributed by atoms with E-state index in [9.17, 15) is 0 Å². The number of anilines is 2. The van der Waals surface area contributed by atoms with Crippen molar-refractivity contribution in [1.29, 1.82) is 0 Å². The Morgan fingerprint density at radius 1 is 0.700 bits per heavy atom. The average Bonchev–Trinajstić information content (AvgIpc) is 2.52. The normalized spacial score (nSPS) is 13.6. The lowest BCUT2D eigenvalue weighted by atomic mass is 10.2. The highest BCUT2D eigenvalue weighted by Gasteiger charge is 2.14. The number of hydrazine groups is 1. The molecule has 0 fully saturated rings. The lowest BCUT2D eigenvalue weighted by molar-refractivity contribution is 0.514. The van der Waals surface area contributed by atoms with Gasteiger partial charge in [0.1, 0.15) is 0 Å². The first-order valence-corrected chi connectivity index (χ1v) is 6.58. The number of allylic oxidation sites excluding steroid dienone is 3. The van der Waals surface area contributed by atoms with Gasteiger partial charge < -0.3 is 0 Å². The summed E-state index contributed by atoms with van der Waals surface area (Å²) in [5, 5.41) is 4.21. The number of para-hydroxylation sites is 2. The van der Waals surface area contributed by atoms with Crippen molar-refractivity contribution in [3.8, 4) is 0 Å². The molecule has 0 aliphatic carbocycles. The summed E-state index contributed by atoms with van der Waals surface area (Å²) in [4.78, 5) is 0. The highest BCUT2D eigenvalue weighted by Crippen LogP contribution is 2.28. The van der Waals surface area contributed by atoms with Gasteiger partial charge >= 0.3 is 0 Å². The van der Waals surface area contributed by atoms with E-state index in [1.165, 1.54) is 0 Å². The Balaban J connectivity index is 2.03. The fourth-order valence-electron chi connectivity index (χ4n) is 2.14. The molecule has 0 saturated heterocycles. The number of nitrogens with zero attached hydrogens (tertiary/aromatic N) is 2. The predicted octanol–water partition coefficient (Wildman–Crippen LogP) is 4.64. The monoisotopic (exact) mass is 260 g/mol. The Hall–Kier alpha value is -2.74. The fourth-order valence-corrected chi connectivity index (χ4v) is 2.14. The summed E-state index contributed by atoms with van der Waals surface area (Å²) < 4.78 is 0. The quantitative estimate of drug-likeness (QED) is 0.793. The second kappa shape index (κ2) is 5.49. The number of hydrogen-bond acceptors (Lipinski definition) is 2. The Morgan fingerprint density at radius 2 is 1.15 bits per heavy atom. The lowest BCUT2D eigenvalue weighted by Crippen LogP contribution is -2.31. The van der Waals surface area contributed by atoms with Crippen molar-refractivity contribution in [1.82, 2.24) is 5.01 Å². The molecule has 0 N–H and O–H groups in total. The zero-order valence-electron chi connectivity index (χ0n) is 11.2. The van der Waals surface area contributed by atoms with Crippen molar-refractivity contribution >= 4 is 11.4 Å². The molecule has 20 heavy (non-hydrogen) atoms. The molecule has 0 aromatic heterocycles. The van der Waals surface area contributed by atoms with Crippen molar-refractivity contribution in [2.45, 2.75) is 0 Å². The Morgan fingerprint density at radius 3 is 1.60 bits per heavy atom. The number of hydrogen-bond donors (Lipinski definition) is 0. The second-order valence-corrected chi connectivity index (χ2v) is 4.57. The lowest BCUT2D eigenvalue weighted by Gasteiger charge is -2.34. The van der Waals surface area contributed by atoms with Gasteiger partial charge in [-0.25, -0.2) is 0 Å². The maximum Gasteiger partial charge on any atom is 0.0636 e. The summed E-state index contributed by atoms with van der Waals surface area (Å²) in [5.74, 6) is 0. The maximum absolute atomic E-state index is 3.93. The first-order valence-electron chi connectivity index (χ1n) is 6.58.